The maximum absolute atomic E-state index is 5.90. The van der Waals surface area contributed by atoms with Crippen LogP contribution < -0.4 is 9.97 Å². The second-order valence-corrected chi connectivity index (χ2v) is 9.87. The van der Waals surface area contributed by atoms with Gasteiger partial charge in [-0.3, -0.25) is 9.97 Å². The van der Waals surface area contributed by atoms with Crippen molar-refractivity contribution in [3.63, 3.8) is 0 Å². The smallest absolute Gasteiger partial charge is 0.663 e. The Bertz CT molecular complexity index is 2390. The van der Waals surface area contributed by atoms with E-state index in [9.17, 15) is 0 Å². The Hall–Kier alpha value is -5.00. The molecule has 10 rings (SSSR count). The fourth-order valence-electron chi connectivity index (χ4n) is 5.92. The molecular formula is C34H18N4O2Zn. The summed E-state index contributed by atoms with van der Waals surface area (Å²) in [6.07, 6.45) is 7.29. The minimum Gasteiger partial charge on any atom is -0.663 e. The Morgan fingerprint density at radius 2 is 0.878 bits per heavy atom. The number of benzene rings is 4. The first-order chi connectivity index (χ1) is 19.8. The van der Waals surface area contributed by atoms with E-state index in [1.165, 1.54) is 0 Å². The predicted octanol–water partition coefficient (Wildman–Crippen LogP) is 8.49. The summed E-state index contributed by atoms with van der Waals surface area (Å²) in [7, 11) is 0. The van der Waals surface area contributed by atoms with Gasteiger partial charge in [0.1, 0.15) is 22.2 Å². The summed E-state index contributed by atoms with van der Waals surface area (Å²) in [5.74, 6) is 0. The van der Waals surface area contributed by atoms with Crippen LogP contribution in [-0.4, -0.2) is 9.97 Å². The van der Waals surface area contributed by atoms with E-state index in [0.29, 0.717) is 0 Å². The zero-order valence-corrected chi connectivity index (χ0v) is 24.7. The van der Waals surface area contributed by atoms with Crippen molar-refractivity contribution in [3.05, 3.63) is 110 Å². The van der Waals surface area contributed by atoms with Gasteiger partial charge >= 0.3 is 19.5 Å². The van der Waals surface area contributed by atoms with Crippen molar-refractivity contribution in [3.8, 4) is 0 Å². The van der Waals surface area contributed by atoms with Gasteiger partial charge in [-0.1, -0.05) is 48.5 Å². The number of nitrogens with zero attached hydrogens (tertiary/aromatic N) is 4. The van der Waals surface area contributed by atoms with Crippen molar-refractivity contribution in [2.45, 2.75) is 0 Å². The molecule has 7 heteroatoms. The van der Waals surface area contributed by atoms with Crippen molar-refractivity contribution in [1.29, 1.82) is 0 Å². The van der Waals surface area contributed by atoms with Crippen molar-refractivity contribution in [1.82, 2.24) is 19.9 Å². The monoisotopic (exact) mass is 578 g/mol. The second kappa shape index (κ2) is 9.01. The first kappa shape index (κ1) is 23.9. The number of furan rings is 2. The zero-order valence-electron chi connectivity index (χ0n) is 21.7. The van der Waals surface area contributed by atoms with E-state index in [1.54, 1.807) is 12.4 Å². The van der Waals surface area contributed by atoms with Crippen molar-refractivity contribution in [2.24, 2.45) is 0 Å². The summed E-state index contributed by atoms with van der Waals surface area (Å²) < 4.78 is 11.8. The summed E-state index contributed by atoms with van der Waals surface area (Å²) in [5.41, 5.74) is 7.20. The fourth-order valence-corrected chi connectivity index (χ4v) is 5.92. The van der Waals surface area contributed by atoms with Crippen LogP contribution in [0.15, 0.2) is 119 Å². The Kier molecular flexibility index (Phi) is 5.24. The van der Waals surface area contributed by atoms with Gasteiger partial charge in [0.05, 0.1) is 10.8 Å². The number of hydrogen-bond acceptors (Lipinski definition) is 4. The zero-order chi connectivity index (χ0) is 26.2. The minimum absolute atomic E-state index is 0. The molecule has 0 fully saturated rings. The Morgan fingerprint density at radius 1 is 0.439 bits per heavy atom. The van der Waals surface area contributed by atoms with E-state index in [0.717, 1.165) is 87.5 Å². The van der Waals surface area contributed by atoms with Gasteiger partial charge < -0.3 is 18.8 Å². The van der Waals surface area contributed by atoms with Crippen LogP contribution in [-0.2, 0) is 19.5 Å². The topological polar surface area (TPSA) is 80.3 Å². The molecule has 0 spiro atoms. The molecule has 0 radical (unpaired) electrons. The molecule has 0 N–H and O–H groups in total. The van der Waals surface area contributed by atoms with Gasteiger partial charge in [0.2, 0.25) is 0 Å². The SMILES string of the molecule is [Zn+2].c1cnc2c(c1)oc1ccc3ccc4cc[n-]c4c3c12.c1cnc2c(c1)oc1ccc3ccc4cc[n-]c4c3c12. The molecule has 0 aliphatic heterocycles. The molecule has 6 heterocycles. The van der Waals surface area contributed by atoms with E-state index in [4.69, 9.17) is 8.83 Å². The molecule has 0 amide bonds. The Balaban J connectivity index is 0.000000122. The molecule has 0 aliphatic carbocycles. The summed E-state index contributed by atoms with van der Waals surface area (Å²) in [6.45, 7) is 0. The molecule has 0 aliphatic rings. The number of aromatic nitrogens is 4. The maximum atomic E-state index is 5.90. The van der Waals surface area contributed by atoms with Gasteiger partial charge in [-0.2, -0.15) is 12.4 Å². The summed E-state index contributed by atoms with van der Waals surface area (Å²) in [4.78, 5) is 18.0. The third kappa shape index (κ3) is 3.46. The van der Waals surface area contributed by atoms with Crippen molar-refractivity contribution >= 4 is 87.5 Å². The average Bonchev–Trinajstić information content (AvgIpc) is 3.80. The summed E-state index contributed by atoms with van der Waals surface area (Å²) in [6, 6.07) is 28.4. The first-order valence-corrected chi connectivity index (χ1v) is 13.0. The molecule has 4 aromatic carbocycles. The molecule has 0 bridgehead atoms. The molecule has 0 atom stereocenters. The fraction of sp³-hybridized carbons (Fsp3) is 0. The van der Waals surface area contributed by atoms with E-state index in [-0.39, 0.29) is 19.5 Å². The van der Waals surface area contributed by atoms with Crippen LogP contribution >= 0.6 is 0 Å². The standard InChI is InChI=1S/2C17H9N2O.Zn/c2*1-2-13-17(18-8-1)15-12(20-13)6-5-10-3-4-11-7-9-19-16(11)14(10)15;/h2*1-9H;/q2*-1;+2. The normalized spacial score (nSPS) is 11.7. The van der Waals surface area contributed by atoms with Crippen LogP contribution in [0.1, 0.15) is 0 Å². The summed E-state index contributed by atoms with van der Waals surface area (Å²) in [5, 5.41) is 8.99. The van der Waals surface area contributed by atoms with Gasteiger partial charge in [-0.05, 0) is 68.7 Å². The van der Waals surface area contributed by atoms with Gasteiger partial charge in [0.15, 0.2) is 11.2 Å². The van der Waals surface area contributed by atoms with Crippen molar-refractivity contribution in [2.75, 3.05) is 0 Å². The van der Waals surface area contributed by atoms with E-state index in [2.05, 4.69) is 56.3 Å². The van der Waals surface area contributed by atoms with Crippen LogP contribution in [0.3, 0.4) is 0 Å². The van der Waals surface area contributed by atoms with Gasteiger partial charge in [-0.25, -0.2) is 0 Å². The molecule has 0 saturated carbocycles. The van der Waals surface area contributed by atoms with Gasteiger partial charge in [0, 0.05) is 12.4 Å². The number of hydrogen-bond donors (Lipinski definition) is 0. The third-order valence-electron chi connectivity index (χ3n) is 7.67. The third-order valence-corrected chi connectivity index (χ3v) is 7.67. The number of fused-ring (bicyclic) bond motifs is 14. The Labute approximate surface area is 244 Å². The summed E-state index contributed by atoms with van der Waals surface area (Å²) >= 11 is 0. The van der Waals surface area contributed by atoms with Gasteiger partial charge in [0.25, 0.3) is 0 Å². The maximum Gasteiger partial charge on any atom is 2.00 e. The Morgan fingerprint density at radius 3 is 1.37 bits per heavy atom. The predicted molar refractivity (Wildman–Crippen MR) is 160 cm³/mol. The van der Waals surface area contributed by atoms with Crippen LogP contribution in [0.25, 0.3) is 87.5 Å². The molecule has 6 nitrogen and oxygen atoms in total. The molecule has 6 aromatic heterocycles. The molecular weight excluding hydrogens is 562 g/mol. The number of rotatable bonds is 0. The van der Waals surface area contributed by atoms with E-state index >= 15 is 0 Å². The largest absolute Gasteiger partial charge is 2.00 e. The van der Waals surface area contributed by atoms with Crippen LogP contribution in [0.5, 0.6) is 0 Å². The molecule has 0 saturated heterocycles. The molecule has 0 unspecified atom stereocenters. The van der Waals surface area contributed by atoms with Crippen molar-refractivity contribution < 1.29 is 28.3 Å². The van der Waals surface area contributed by atoms with E-state index < -0.39 is 0 Å². The van der Waals surface area contributed by atoms with Crippen LogP contribution in [0.2, 0.25) is 0 Å². The van der Waals surface area contributed by atoms with Gasteiger partial charge in [-0.15, -0.1) is 11.0 Å². The molecule has 41 heavy (non-hydrogen) atoms. The molecule has 188 valence electrons. The minimum atomic E-state index is 0. The average molecular weight is 580 g/mol. The quantitative estimate of drug-likeness (QED) is 0.168. The second-order valence-electron chi connectivity index (χ2n) is 9.87. The van der Waals surface area contributed by atoms with Crippen LogP contribution in [0, 0.1) is 0 Å². The van der Waals surface area contributed by atoms with Crippen LogP contribution in [0.4, 0.5) is 0 Å². The van der Waals surface area contributed by atoms with E-state index in [1.807, 2.05) is 60.9 Å². The molecule has 10 aromatic rings. The first-order valence-electron chi connectivity index (χ1n) is 13.0. The number of pyridine rings is 2.